The molecule has 0 unspecified atom stereocenters. The Morgan fingerprint density at radius 2 is 1.72 bits per heavy atom. The summed E-state index contributed by atoms with van der Waals surface area (Å²) in [5, 5.41) is 13.8. The normalized spacial score (nSPS) is 14.5. The Labute approximate surface area is 192 Å². The molecule has 32 heavy (non-hydrogen) atoms. The summed E-state index contributed by atoms with van der Waals surface area (Å²) in [5.41, 5.74) is 5.57. The van der Waals surface area contributed by atoms with E-state index in [1.54, 1.807) is 11.8 Å². The molecule has 1 fully saturated rings. The molecule has 0 N–H and O–H groups in total. The summed E-state index contributed by atoms with van der Waals surface area (Å²) < 4.78 is 5.42. The summed E-state index contributed by atoms with van der Waals surface area (Å²) in [4.78, 5) is 4.52. The van der Waals surface area contributed by atoms with Crippen LogP contribution in [0.4, 0.5) is 0 Å². The average Bonchev–Trinajstić information content (AvgIpc) is 3.33. The maximum Gasteiger partial charge on any atom is 0.237 e. The average molecular weight is 443 g/mol. The topological polar surface area (TPSA) is 64.7 Å². The van der Waals surface area contributed by atoms with E-state index in [0.29, 0.717) is 17.5 Å². The SMILES string of the molecule is Cc1ccccc1-c1noc(CSc2ccc(-c3ccc(C4CCCCC4)cc3)nn2)n1. The van der Waals surface area contributed by atoms with Crippen LogP contribution in [0.3, 0.4) is 0 Å². The minimum absolute atomic E-state index is 0.559. The van der Waals surface area contributed by atoms with E-state index in [1.807, 2.05) is 43.3 Å². The van der Waals surface area contributed by atoms with Crippen LogP contribution in [0.2, 0.25) is 0 Å². The second-order valence-electron chi connectivity index (χ2n) is 8.33. The molecule has 5 rings (SSSR count). The molecule has 4 aromatic rings. The molecule has 0 radical (unpaired) electrons. The number of aryl methyl sites for hydroxylation is 1. The molecule has 0 bridgehead atoms. The minimum Gasteiger partial charge on any atom is -0.338 e. The number of nitrogens with zero attached hydrogens (tertiary/aromatic N) is 4. The van der Waals surface area contributed by atoms with Gasteiger partial charge < -0.3 is 4.52 Å². The molecule has 0 amide bonds. The van der Waals surface area contributed by atoms with Crippen molar-refractivity contribution in [3.8, 4) is 22.6 Å². The second kappa shape index (κ2) is 9.65. The highest BCUT2D eigenvalue weighted by molar-refractivity contribution is 7.98. The fourth-order valence-electron chi connectivity index (χ4n) is 4.30. The molecule has 1 aliphatic carbocycles. The van der Waals surface area contributed by atoms with Gasteiger partial charge in [0.15, 0.2) is 0 Å². The molecule has 5 nitrogen and oxygen atoms in total. The predicted octanol–water partition coefficient (Wildman–Crippen LogP) is 6.84. The van der Waals surface area contributed by atoms with Gasteiger partial charge in [-0.2, -0.15) is 4.98 Å². The van der Waals surface area contributed by atoms with Crippen LogP contribution in [0.25, 0.3) is 22.6 Å². The second-order valence-corrected chi connectivity index (χ2v) is 9.32. The summed E-state index contributed by atoms with van der Waals surface area (Å²) in [6.45, 7) is 2.04. The van der Waals surface area contributed by atoms with E-state index < -0.39 is 0 Å². The van der Waals surface area contributed by atoms with Gasteiger partial charge in [-0.3, -0.25) is 0 Å². The van der Waals surface area contributed by atoms with Gasteiger partial charge >= 0.3 is 0 Å². The molecule has 6 heteroatoms. The van der Waals surface area contributed by atoms with Gasteiger partial charge in [-0.25, -0.2) is 0 Å². The first kappa shape index (κ1) is 20.9. The number of thioether (sulfide) groups is 1. The van der Waals surface area contributed by atoms with E-state index >= 15 is 0 Å². The largest absolute Gasteiger partial charge is 0.338 e. The van der Waals surface area contributed by atoms with Gasteiger partial charge in [-0.05, 0) is 48.9 Å². The number of aromatic nitrogens is 4. The molecular weight excluding hydrogens is 416 g/mol. The van der Waals surface area contributed by atoms with Gasteiger partial charge in [0, 0.05) is 11.1 Å². The third-order valence-corrected chi connectivity index (χ3v) is 7.03. The van der Waals surface area contributed by atoms with Crippen molar-refractivity contribution in [2.24, 2.45) is 0 Å². The van der Waals surface area contributed by atoms with Gasteiger partial charge in [0.05, 0.1) is 11.4 Å². The van der Waals surface area contributed by atoms with Crippen molar-refractivity contribution in [2.75, 3.05) is 0 Å². The van der Waals surface area contributed by atoms with E-state index in [1.165, 1.54) is 37.7 Å². The molecule has 162 valence electrons. The van der Waals surface area contributed by atoms with E-state index in [9.17, 15) is 0 Å². The van der Waals surface area contributed by atoms with E-state index in [2.05, 4.69) is 44.6 Å². The molecule has 0 aliphatic heterocycles. The molecule has 1 aliphatic rings. The van der Waals surface area contributed by atoms with Crippen LogP contribution in [0.15, 0.2) is 70.2 Å². The van der Waals surface area contributed by atoms with E-state index in [-0.39, 0.29) is 0 Å². The van der Waals surface area contributed by atoms with Crippen molar-refractivity contribution in [1.82, 2.24) is 20.3 Å². The number of benzene rings is 2. The van der Waals surface area contributed by atoms with E-state index in [4.69, 9.17) is 4.52 Å². The number of hydrogen-bond donors (Lipinski definition) is 0. The van der Waals surface area contributed by atoms with Crippen molar-refractivity contribution in [3.63, 3.8) is 0 Å². The molecular formula is C26H26N4OS. The molecule has 0 spiro atoms. The Morgan fingerprint density at radius 3 is 2.47 bits per heavy atom. The first-order valence-electron chi connectivity index (χ1n) is 11.2. The first-order chi connectivity index (χ1) is 15.8. The Hall–Kier alpha value is -2.99. The van der Waals surface area contributed by atoms with Crippen LogP contribution in [-0.2, 0) is 5.75 Å². The lowest BCUT2D eigenvalue weighted by molar-refractivity contribution is 0.391. The fourth-order valence-corrected chi connectivity index (χ4v) is 4.95. The highest BCUT2D eigenvalue weighted by atomic mass is 32.2. The van der Waals surface area contributed by atoms with E-state index in [0.717, 1.165) is 33.3 Å². The van der Waals surface area contributed by atoms with Crippen molar-refractivity contribution in [2.45, 2.75) is 55.7 Å². The molecule has 2 aromatic heterocycles. The van der Waals surface area contributed by atoms with Gasteiger partial charge in [0.25, 0.3) is 0 Å². The van der Waals surface area contributed by atoms with Crippen molar-refractivity contribution < 1.29 is 4.52 Å². The minimum atomic E-state index is 0.559. The van der Waals surface area contributed by atoms with Gasteiger partial charge in [0.2, 0.25) is 11.7 Å². The third-order valence-electron chi connectivity index (χ3n) is 6.12. The maximum atomic E-state index is 5.42. The fraction of sp³-hybridized carbons (Fsp3) is 0.308. The lowest BCUT2D eigenvalue weighted by Crippen LogP contribution is -2.04. The summed E-state index contributed by atoms with van der Waals surface area (Å²) >= 11 is 1.54. The molecule has 0 atom stereocenters. The van der Waals surface area contributed by atoms with Crippen LogP contribution in [0, 0.1) is 6.92 Å². The Kier molecular flexibility index (Phi) is 6.30. The van der Waals surface area contributed by atoms with Crippen LogP contribution in [0.1, 0.15) is 55.0 Å². The monoisotopic (exact) mass is 442 g/mol. The Bertz CT molecular complexity index is 1170. The van der Waals surface area contributed by atoms with Crippen LogP contribution < -0.4 is 0 Å². The predicted molar refractivity (Wildman–Crippen MR) is 127 cm³/mol. The lowest BCUT2D eigenvalue weighted by atomic mass is 9.84. The Balaban J connectivity index is 1.20. The summed E-state index contributed by atoms with van der Waals surface area (Å²) in [7, 11) is 0. The van der Waals surface area contributed by atoms with Crippen LogP contribution >= 0.6 is 11.8 Å². The smallest absolute Gasteiger partial charge is 0.237 e. The van der Waals surface area contributed by atoms with Crippen molar-refractivity contribution >= 4 is 11.8 Å². The third kappa shape index (κ3) is 4.75. The standard InChI is InChI=1S/C26H26N4OS/c1-18-7-5-6-10-22(18)26-27-24(31-30-26)17-32-25-16-15-23(28-29-25)21-13-11-20(12-14-21)19-8-3-2-4-9-19/h5-7,10-16,19H,2-4,8-9,17H2,1H3. The summed E-state index contributed by atoms with van der Waals surface area (Å²) in [6.07, 6.45) is 6.73. The molecule has 2 aromatic carbocycles. The molecule has 1 saturated carbocycles. The van der Waals surface area contributed by atoms with Crippen molar-refractivity contribution in [3.05, 3.63) is 77.7 Å². The summed E-state index contributed by atoms with van der Waals surface area (Å²) in [6, 6.07) is 20.9. The van der Waals surface area contributed by atoms with Gasteiger partial charge in [-0.1, -0.05) is 84.7 Å². The van der Waals surface area contributed by atoms with Gasteiger partial charge in [-0.15, -0.1) is 10.2 Å². The zero-order valence-electron chi connectivity index (χ0n) is 18.2. The zero-order valence-corrected chi connectivity index (χ0v) is 19.0. The highest BCUT2D eigenvalue weighted by Gasteiger charge is 2.15. The van der Waals surface area contributed by atoms with Crippen molar-refractivity contribution in [1.29, 1.82) is 0 Å². The summed E-state index contributed by atoms with van der Waals surface area (Å²) in [5.74, 6) is 2.48. The molecule has 0 saturated heterocycles. The lowest BCUT2D eigenvalue weighted by Gasteiger charge is -2.22. The number of hydrogen-bond acceptors (Lipinski definition) is 6. The van der Waals surface area contributed by atoms with Crippen LogP contribution in [0.5, 0.6) is 0 Å². The quantitative estimate of drug-likeness (QED) is 0.305. The molecule has 2 heterocycles. The maximum absolute atomic E-state index is 5.42. The zero-order chi connectivity index (χ0) is 21.8. The number of rotatable bonds is 6. The highest BCUT2D eigenvalue weighted by Crippen LogP contribution is 2.33. The van der Waals surface area contributed by atoms with Crippen LogP contribution in [-0.4, -0.2) is 20.3 Å². The first-order valence-corrected chi connectivity index (χ1v) is 12.2. The van der Waals surface area contributed by atoms with Gasteiger partial charge in [0.1, 0.15) is 5.03 Å². The Morgan fingerprint density at radius 1 is 0.906 bits per heavy atom.